The third kappa shape index (κ3) is 5.82. The van der Waals surface area contributed by atoms with Gasteiger partial charge in [-0.05, 0) is 82.2 Å². The fraction of sp³-hybridized carbons (Fsp3) is 0.407. The van der Waals surface area contributed by atoms with Gasteiger partial charge in [-0.3, -0.25) is 4.79 Å². The number of ether oxygens (including phenoxy) is 1. The van der Waals surface area contributed by atoms with E-state index in [1.807, 2.05) is 13.0 Å². The average Bonchev–Trinajstić information content (AvgIpc) is 2.84. The number of nitrogens with one attached hydrogen (secondary N) is 1. The molecule has 0 unspecified atom stereocenters. The number of fused-ring (bicyclic) bond motifs is 3. The number of carbonyl (C=O) groups excluding carboxylic acids is 1. The molecule has 0 spiro atoms. The van der Waals surface area contributed by atoms with Crippen molar-refractivity contribution in [3.8, 4) is 5.75 Å². The number of carbonyl (C=O) groups is 1. The topological polar surface area (TPSA) is 103 Å². The molecule has 3 aromatic rings. The van der Waals surface area contributed by atoms with Gasteiger partial charge in [0.15, 0.2) is 0 Å². The summed E-state index contributed by atoms with van der Waals surface area (Å²) in [6, 6.07) is 10.3. The Morgan fingerprint density at radius 3 is 2.43 bits per heavy atom. The highest BCUT2D eigenvalue weighted by molar-refractivity contribution is 7.89. The van der Waals surface area contributed by atoms with E-state index in [4.69, 9.17) is 9.15 Å². The van der Waals surface area contributed by atoms with Gasteiger partial charge in [-0.15, -0.1) is 0 Å². The molecule has 1 heterocycles. The first-order valence-corrected chi connectivity index (χ1v) is 13.6. The molecule has 0 aliphatic heterocycles. The van der Waals surface area contributed by atoms with Gasteiger partial charge in [-0.25, -0.2) is 17.9 Å². The summed E-state index contributed by atoms with van der Waals surface area (Å²) in [6.07, 6.45) is 5.75. The maximum atomic E-state index is 12.4. The predicted molar refractivity (Wildman–Crippen MR) is 134 cm³/mol. The first kappa shape index (κ1) is 25.1. The molecule has 1 N–H and O–H groups in total. The van der Waals surface area contributed by atoms with E-state index in [9.17, 15) is 18.0 Å². The molecule has 0 saturated heterocycles. The zero-order valence-corrected chi connectivity index (χ0v) is 21.0. The van der Waals surface area contributed by atoms with Crippen molar-refractivity contribution in [2.24, 2.45) is 0 Å². The van der Waals surface area contributed by atoms with Crippen molar-refractivity contribution in [3.63, 3.8) is 0 Å². The second-order valence-electron chi connectivity index (χ2n) is 9.11. The zero-order chi connectivity index (χ0) is 25.0. The standard InChI is InChI=1S/C27H31NO6S/c1-18-11-13-20(14-12-18)35(31,32)28-17-7-3-4-10-25(29)33-24-16-15-22-21-8-5-6-9-23(21)27(30)34-26(22)19(24)2/h11-16,28H,3-10,17H2,1-2H3. The maximum Gasteiger partial charge on any atom is 0.339 e. The van der Waals surface area contributed by atoms with Crippen LogP contribution in [-0.2, 0) is 27.7 Å². The lowest BCUT2D eigenvalue weighted by Gasteiger charge is -2.17. The van der Waals surface area contributed by atoms with Crippen molar-refractivity contribution in [1.29, 1.82) is 0 Å². The number of sulfonamides is 1. The summed E-state index contributed by atoms with van der Waals surface area (Å²) >= 11 is 0. The number of rotatable bonds is 9. The Balaban J connectivity index is 1.27. The lowest BCUT2D eigenvalue weighted by molar-refractivity contribution is -0.134. The Hall–Kier alpha value is -2.97. The first-order valence-electron chi connectivity index (χ1n) is 12.1. The van der Waals surface area contributed by atoms with Gasteiger partial charge >= 0.3 is 11.6 Å². The molecule has 2 aromatic carbocycles. The Morgan fingerprint density at radius 1 is 0.971 bits per heavy atom. The van der Waals surface area contributed by atoms with Crippen molar-refractivity contribution in [3.05, 3.63) is 69.1 Å². The Bertz CT molecular complexity index is 1390. The minimum atomic E-state index is -3.53. The van der Waals surface area contributed by atoms with Crippen molar-refractivity contribution in [2.45, 2.75) is 70.1 Å². The van der Waals surface area contributed by atoms with E-state index in [-0.39, 0.29) is 22.9 Å². The van der Waals surface area contributed by atoms with E-state index in [0.717, 1.165) is 47.8 Å². The fourth-order valence-electron chi connectivity index (χ4n) is 4.49. The molecule has 0 radical (unpaired) electrons. The van der Waals surface area contributed by atoms with E-state index in [0.29, 0.717) is 42.7 Å². The van der Waals surface area contributed by atoms with Crippen LogP contribution >= 0.6 is 0 Å². The molecular weight excluding hydrogens is 466 g/mol. The van der Waals surface area contributed by atoms with Crippen LogP contribution in [0.2, 0.25) is 0 Å². The lowest BCUT2D eigenvalue weighted by atomic mass is 9.90. The lowest BCUT2D eigenvalue weighted by Crippen LogP contribution is -2.24. The van der Waals surface area contributed by atoms with E-state index >= 15 is 0 Å². The minimum absolute atomic E-state index is 0.219. The van der Waals surface area contributed by atoms with Crippen LogP contribution in [0.25, 0.3) is 11.0 Å². The number of benzene rings is 2. The molecule has 1 aliphatic carbocycles. The van der Waals surface area contributed by atoms with Gasteiger partial charge in [-0.1, -0.05) is 24.1 Å². The van der Waals surface area contributed by atoms with Gasteiger partial charge in [-0.2, -0.15) is 0 Å². The normalized spacial score (nSPS) is 13.5. The predicted octanol–water partition coefficient (Wildman–Crippen LogP) is 4.73. The van der Waals surface area contributed by atoms with Gasteiger partial charge in [0, 0.05) is 29.5 Å². The molecular formula is C27H31NO6S. The largest absolute Gasteiger partial charge is 0.426 e. The molecule has 0 amide bonds. The van der Waals surface area contributed by atoms with Gasteiger partial charge < -0.3 is 9.15 Å². The molecule has 0 atom stereocenters. The van der Waals surface area contributed by atoms with Crippen LogP contribution < -0.4 is 15.1 Å². The molecule has 0 bridgehead atoms. The van der Waals surface area contributed by atoms with Gasteiger partial charge in [0.1, 0.15) is 11.3 Å². The highest BCUT2D eigenvalue weighted by Gasteiger charge is 2.20. The second kappa shape index (κ2) is 10.7. The fourth-order valence-corrected chi connectivity index (χ4v) is 5.56. The van der Waals surface area contributed by atoms with Crippen LogP contribution in [-0.4, -0.2) is 20.9 Å². The zero-order valence-electron chi connectivity index (χ0n) is 20.2. The van der Waals surface area contributed by atoms with Crippen LogP contribution in [0.4, 0.5) is 0 Å². The monoisotopic (exact) mass is 497 g/mol. The molecule has 1 aliphatic rings. The van der Waals surface area contributed by atoms with E-state index < -0.39 is 10.0 Å². The first-order chi connectivity index (χ1) is 16.8. The van der Waals surface area contributed by atoms with E-state index in [1.54, 1.807) is 37.3 Å². The summed E-state index contributed by atoms with van der Waals surface area (Å²) in [7, 11) is -3.53. The maximum absolute atomic E-state index is 12.4. The Labute approximate surface area is 205 Å². The number of hydrogen-bond acceptors (Lipinski definition) is 6. The van der Waals surface area contributed by atoms with Crippen molar-refractivity contribution in [1.82, 2.24) is 4.72 Å². The SMILES string of the molecule is Cc1ccc(S(=O)(=O)NCCCCCC(=O)Oc2ccc3c4c(c(=O)oc3c2C)CCCC4)cc1. The summed E-state index contributed by atoms with van der Waals surface area (Å²) in [6.45, 7) is 4.00. The van der Waals surface area contributed by atoms with Crippen LogP contribution in [0, 0.1) is 13.8 Å². The summed E-state index contributed by atoms with van der Waals surface area (Å²) in [5.41, 5.74) is 3.67. The van der Waals surface area contributed by atoms with Crippen molar-refractivity contribution in [2.75, 3.05) is 6.54 Å². The van der Waals surface area contributed by atoms with Gasteiger partial charge in [0.05, 0.1) is 4.90 Å². The molecule has 35 heavy (non-hydrogen) atoms. The molecule has 1 aromatic heterocycles. The summed E-state index contributed by atoms with van der Waals surface area (Å²) < 4.78 is 38.3. The van der Waals surface area contributed by atoms with Crippen molar-refractivity contribution >= 4 is 27.0 Å². The molecule has 8 heteroatoms. The Morgan fingerprint density at radius 2 is 1.69 bits per heavy atom. The third-order valence-electron chi connectivity index (χ3n) is 6.50. The third-order valence-corrected chi connectivity index (χ3v) is 7.97. The summed E-state index contributed by atoms with van der Waals surface area (Å²) in [4.78, 5) is 25.1. The highest BCUT2D eigenvalue weighted by atomic mass is 32.2. The van der Waals surface area contributed by atoms with Crippen LogP contribution in [0.3, 0.4) is 0 Å². The van der Waals surface area contributed by atoms with Gasteiger partial charge in [0.2, 0.25) is 10.0 Å². The average molecular weight is 498 g/mol. The molecule has 7 nitrogen and oxygen atoms in total. The van der Waals surface area contributed by atoms with E-state index in [1.165, 1.54) is 0 Å². The van der Waals surface area contributed by atoms with Crippen molar-refractivity contribution < 1.29 is 22.4 Å². The van der Waals surface area contributed by atoms with E-state index in [2.05, 4.69) is 4.72 Å². The number of esters is 1. The Kier molecular flexibility index (Phi) is 7.72. The number of aryl methyl sites for hydroxylation is 3. The number of unbranched alkanes of at least 4 members (excludes halogenated alkanes) is 2. The quantitative estimate of drug-likeness (QED) is 0.198. The molecule has 4 rings (SSSR count). The van der Waals surface area contributed by atoms with Crippen LogP contribution in [0.1, 0.15) is 60.8 Å². The molecule has 0 fully saturated rings. The smallest absolute Gasteiger partial charge is 0.339 e. The number of hydrogen-bond donors (Lipinski definition) is 1. The molecule has 0 saturated carbocycles. The van der Waals surface area contributed by atoms with Crippen LogP contribution in [0.15, 0.2) is 50.5 Å². The molecule has 186 valence electrons. The highest BCUT2D eigenvalue weighted by Crippen LogP contribution is 2.32. The van der Waals surface area contributed by atoms with Crippen LogP contribution in [0.5, 0.6) is 5.75 Å². The second-order valence-corrected chi connectivity index (χ2v) is 10.9. The summed E-state index contributed by atoms with van der Waals surface area (Å²) in [5.74, 6) is 0.0280. The minimum Gasteiger partial charge on any atom is -0.426 e. The summed E-state index contributed by atoms with van der Waals surface area (Å²) in [5, 5.41) is 0.921. The van der Waals surface area contributed by atoms with Gasteiger partial charge in [0.25, 0.3) is 0 Å².